The summed E-state index contributed by atoms with van der Waals surface area (Å²) in [4.78, 5) is 4.32. The number of nitrogens with zero attached hydrogens (tertiary/aromatic N) is 1. The molecule has 0 amide bonds. The molecule has 2 heterocycles. The SMILES string of the molecule is CC(NCc1cncc2ccccc12)C1CCCO1. The maximum atomic E-state index is 5.71. The third-order valence-electron chi connectivity index (χ3n) is 3.89. The van der Waals surface area contributed by atoms with Gasteiger partial charge in [-0.05, 0) is 30.7 Å². The zero-order valence-corrected chi connectivity index (χ0v) is 11.3. The molecule has 1 aromatic heterocycles. The van der Waals surface area contributed by atoms with Crippen molar-refractivity contribution in [2.45, 2.75) is 38.5 Å². The van der Waals surface area contributed by atoms with Crippen LogP contribution < -0.4 is 5.32 Å². The van der Waals surface area contributed by atoms with Crippen LogP contribution in [0.15, 0.2) is 36.7 Å². The van der Waals surface area contributed by atoms with Crippen molar-refractivity contribution in [1.29, 1.82) is 0 Å². The van der Waals surface area contributed by atoms with Crippen molar-refractivity contribution in [3.63, 3.8) is 0 Å². The standard InChI is InChI=1S/C16H20N2O/c1-12(16-7-4-8-19-16)18-11-14-10-17-9-13-5-2-3-6-15(13)14/h2-3,5-6,9-10,12,16,18H,4,7-8,11H2,1H3. The zero-order chi connectivity index (χ0) is 13.1. The predicted octanol–water partition coefficient (Wildman–Crippen LogP) is 2.89. The average molecular weight is 256 g/mol. The van der Waals surface area contributed by atoms with Crippen LogP contribution in [0.25, 0.3) is 10.8 Å². The van der Waals surface area contributed by atoms with Gasteiger partial charge < -0.3 is 10.1 Å². The highest BCUT2D eigenvalue weighted by Gasteiger charge is 2.21. The van der Waals surface area contributed by atoms with Gasteiger partial charge in [-0.15, -0.1) is 0 Å². The summed E-state index contributed by atoms with van der Waals surface area (Å²) in [6, 6.07) is 8.78. The van der Waals surface area contributed by atoms with Gasteiger partial charge in [-0.25, -0.2) is 0 Å². The highest BCUT2D eigenvalue weighted by atomic mass is 16.5. The largest absolute Gasteiger partial charge is 0.377 e. The van der Waals surface area contributed by atoms with Gasteiger partial charge in [0.25, 0.3) is 0 Å². The Morgan fingerprint density at radius 1 is 1.37 bits per heavy atom. The molecule has 1 saturated heterocycles. The Bertz CT molecular complexity index is 544. The fourth-order valence-electron chi connectivity index (χ4n) is 2.72. The van der Waals surface area contributed by atoms with E-state index in [1.165, 1.54) is 29.2 Å². The van der Waals surface area contributed by atoms with Crippen LogP contribution in [0.5, 0.6) is 0 Å². The highest BCUT2D eigenvalue weighted by molar-refractivity contribution is 5.84. The molecular weight excluding hydrogens is 236 g/mol. The third-order valence-corrected chi connectivity index (χ3v) is 3.89. The number of pyridine rings is 1. The lowest BCUT2D eigenvalue weighted by atomic mass is 10.1. The van der Waals surface area contributed by atoms with E-state index in [1.807, 2.05) is 12.4 Å². The van der Waals surface area contributed by atoms with E-state index in [1.54, 1.807) is 0 Å². The minimum atomic E-state index is 0.364. The second-order valence-electron chi connectivity index (χ2n) is 5.24. The third kappa shape index (κ3) is 2.77. The summed E-state index contributed by atoms with van der Waals surface area (Å²) in [6.45, 7) is 3.95. The Kier molecular flexibility index (Phi) is 3.76. The van der Waals surface area contributed by atoms with Crippen LogP contribution in [0, 0.1) is 0 Å². The van der Waals surface area contributed by atoms with E-state index >= 15 is 0 Å². The summed E-state index contributed by atoms with van der Waals surface area (Å²) in [7, 11) is 0. The van der Waals surface area contributed by atoms with E-state index in [2.05, 4.69) is 41.5 Å². The first-order valence-electron chi connectivity index (χ1n) is 7.01. The minimum absolute atomic E-state index is 0.364. The molecule has 1 aliphatic rings. The number of rotatable bonds is 4. The van der Waals surface area contributed by atoms with Crippen LogP contribution in [0.1, 0.15) is 25.3 Å². The maximum Gasteiger partial charge on any atom is 0.0726 e. The maximum absolute atomic E-state index is 5.71. The molecule has 3 heteroatoms. The average Bonchev–Trinajstić information content (AvgIpc) is 2.99. The molecule has 2 unspecified atom stereocenters. The van der Waals surface area contributed by atoms with E-state index in [9.17, 15) is 0 Å². The van der Waals surface area contributed by atoms with E-state index in [4.69, 9.17) is 4.74 Å². The summed E-state index contributed by atoms with van der Waals surface area (Å²) >= 11 is 0. The van der Waals surface area contributed by atoms with Crippen LogP contribution in [0.4, 0.5) is 0 Å². The van der Waals surface area contributed by atoms with Gasteiger partial charge in [-0.1, -0.05) is 24.3 Å². The summed E-state index contributed by atoms with van der Waals surface area (Å²) in [6.07, 6.45) is 6.59. The van der Waals surface area contributed by atoms with Gasteiger partial charge in [0.05, 0.1) is 6.10 Å². The molecule has 2 atom stereocenters. The number of aromatic nitrogens is 1. The summed E-state index contributed by atoms with van der Waals surface area (Å²) < 4.78 is 5.71. The van der Waals surface area contributed by atoms with Crippen molar-refractivity contribution in [3.8, 4) is 0 Å². The van der Waals surface area contributed by atoms with Crippen molar-refractivity contribution in [2.75, 3.05) is 6.61 Å². The van der Waals surface area contributed by atoms with Crippen molar-refractivity contribution < 1.29 is 4.74 Å². The monoisotopic (exact) mass is 256 g/mol. The quantitative estimate of drug-likeness (QED) is 0.913. The Balaban J connectivity index is 1.71. The first-order chi connectivity index (χ1) is 9.34. The van der Waals surface area contributed by atoms with Gasteiger partial charge in [-0.3, -0.25) is 4.98 Å². The smallest absolute Gasteiger partial charge is 0.0726 e. The zero-order valence-electron chi connectivity index (χ0n) is 11.3. The van der Waals surface area contributed by atoms with Crippen molar-refractivity contribution in [2.24, 2.45) is 0 Å². The van der Waals surface area contributed by atoms with Gasteiger partial charge in [-0.2, -0.15) is 0 Å². The van der Waals surface area contributed by atoms with Crippen molar-refractivity contribution >= 4 is 10.8 Å². The lowest BCUT2D eigenvalue weighted by Gasteiger charge is -2.20. The Morgan fingerprint density at radius 3 is 3.11 bits per heavy atom. The molecule has 1 aromatic carbocycles. The molecule has 2 aromatic rings. The van der Waals surface area contributed by atoms with E-state index in [-0.39, 0.29) is 0 Å². The van der Waals surface area contributed by atoms with Crippen molar-refractivity contribution in [3.05, 3.63) is 42.2 Å². The molecule has 0 saturated carbocycles. The van der Waals surface area contributed by atoms with Crippen LogP contribution >= 0.6 is 0 Å². The van der Waals surface area contributed by atoms with Gasteiger partial charge in [0, 0.05) is 37.0 Å². The summed E-state index contributed by atoms with van der Waals surface area (Å²) in [5.74, 6) is 0. The molecule has 0 radical (unpaired) electrons. The molecule has 0 bridgehead atoms. The van der Waals surface area contributed by atoms with Gasteiger partial charge >= 0.3 is 0 Å². The van der Waals surface area contributed by atoms with Crippen LogP contribution in [0.3, 0.4) is 0 Å². The first kappa shape index (κ1) is 12.6. The lowest BCUT2D eigenvalue weighted by Crippen LogP contribution is -2.36. The fraction of sp³-hybridized carbons (Fsp3) is 0.438. The predicted molar refractivity (Wildman–Crippen MR) is 77.0 cm³/mol. The number of hydrogen-bond donors (Lipinski definition) is 1. The number of benzene rings is 1. The molecule has 19 heavy (non-hydrogen) atoms. The molecule has 1 fully saturated rings. The van der Waals surface area contributed by atoms with E-state index in [0.717, 1.165) is 13.2 Å². The second kappa shape index (κ2) is 5.68. The molecule has 0 aliphatic carbocycles. The van der Waals surface area contributed by atoms with E-state index < -0.39 is 0 Å². The number of fused-ring (bicyclic) bond motifs is 1. The number of hydrogen-bond acceptors (Lipinski definition) is 3. The van der Waals surface area contributed by atoms with Crippen LogP contribution in [0.2, 0.25) is 0 Å². The van der Waals surface area contributed by atoms with Crippen LogP contribution in [-0.2, 0) is 11.3 Å². The summed E-state index contributed by atoms with van der Waals surface area (Å²) in [5.41, 5.74) is 1.25. The Labute approximate surface area is 114 Å². The Hall–Kier alpha value is -1.45. The highest BCUT2D eigenvalue weighted by Crippen LogP contribution is 2.19. The topological polar surface area (TPSA) is 34.2 Å². The van der Waals surface area contributed by atoms with E-state index in [0.29, 0.717) is 12.1 Å². The Morgan fingerprint density at radius 2 is 2.26 bits per heavy atom. The molecule has 1 N–H and O–H groups in total. The van der Waals surface area contributed by atoms with Gasteiger partial charge in [0.2, 0.25) is 0 Å². The molecule has 3 nitrogen and oxygen atoms in total. The molecule has 0 spiro atoms. The lowest BCUT2D eigenvalue weighted by molar-refractivity contribution is 0.0832. The molecule has 3 rings (SSSR count). The minimum Gasteiger partial charge on any atom is -0.377 e. The fourth-order valence-corrected chi connectivity index (χ4v) is 2.72. The first-order valence-corrected chi connectivity index (χ1v) is 7.01. The molecular formula is C16H20N2O. The van der Waals surface area contributed by atoms with Gasteiger partial charge in [0.15, 0.2) is 0 Å². The van der Waals surface area contributed by atoms with Crippen molar-refractivity contribution in [1.82, 2.24) is 10.3 Å². The number of ether oxygens (including phenoxy) is 1. The number of nitrogens with one attached hydrogen (secondary N) is 1. The van der Waals surface area contributed by atoms with Gasteiger partial charge in [0.1, 0.15) is 0 Å². The summed E-state index contributed by atoms with van der Waals surface area (Å²) in [5, 5.41) is 6.05. The van der Waals surface area contributed by atoms with Crippen LogP contribution in [-0.4, -0.2) is 23.7 Å². The molecule has 100 valence electrons. The normalized spacial score (nSPS) is 20.8. The second-order valence-corrected chi connectivity index (χ2v) is 5.24. The molecule has 1 aliphatic heterocycles.